The van der Waals surface area contributed by atoms with Crippen LogP contribution in [0.1, 0.15) is 34.3 Å². The van der Waals surface area contributed by atoms with Gasteiger partial charge in [0.25, 0.3) is 11.8 Å². The first-order valence-electron chi connectivity index (χ1n) is 9.48. The lowest BCUT2D eigenvalue weighted by molar-refractivity contribution is -0.144. The highest BCUT2D eigenvalue weighted by atomic mass is 32.2. The van der Waals surface area contributed by atoms with Crippen molar-refractivity contribution < 1.29 is 19.1 Å². The molecule has 0 aliphatic heterocycles. The van der Waals surface area contributed by atoms with Crippen molar-refractivity contribution in [2.45, 2.75) is 37.6 Å². The summed E-state index contributed by atoms with van der Waals surface area (Å²) in [4.78, 5) is 37.4. The molecule has 2 amide bonds. The Kier molecular flexibility index (Phi) is 6.93. The Labute approximate surface area is 174 Å². The molecular weight excluding hydrogens is 388 g/mol. The third-order valence-corrected chi connectivity index (χ3v) is 5.55. The van der Waals surface area contributed by atoms with Gasteiger partial charge in [0.15, 0.2) is 6.61 Å². The van der Waals surface area contributed by atoms with Crippen LogP contribution in [0.5, 0.6) is 0 Å². The van der Waals surface area contributed by atoms with Gasteiger partial charge in [-0.15, -0.1) is 11.8 Å². The molecule has 152 valence electrons. The fourth-order valence-electron chi connectivity index (χ4n) is 2.75. The topological polar surface area (TPSA) is 84.5 Å². The van der Waals surface area contributed by atoms with E-state index in [1.807, 2.05) is 26.0 Å². The number of amides is 2. The van der Waals surface area contributed by atoms with Crippen molar-refractivity contribution in [3.63, 3.8) is 0 Å². The molecule has 3 rings (SSSR count). The third kappa shape index (κ3) is 6.35. The molecule has 2 N–H and O–H groups in total. The molecule has 2 aromatic carbocycles. The van der Waals surface area contributed by atoms with Crippen molar-refractivity contribution in [1.29, 1.82) is 0 Å². The lowest BCUT2D eigenvalue weighted by Crippen LogP contribution is -2.28. The zero-order valence-electron chi connectivity index (χ0n) is 16.5. The van der Waals surface area contributed by atoms with Gasteiger partial charge < -0.3 is 15.4 Å². The quantitative estimate of drug-likeness (QED) is 0.512. The molecule has 1 aliphatic carbocycles. The molecular formula is C22H24N2O4S. The van der Waals surface area contributed by atoms with Crippen molar-refractivity contribution in [2.75, 3.05) is 17.7 Å². The number of hydrogen-bond acceptors (Lipinski definition) is 5. The largest absolute Gasteiger partial charge is 0.455 e. The maximum atomic E-state index is 12.3. The average molecular weight is 413 g/mol. The Hall–Kier alpha value is -2.80. The predicted molar refractivity (Wildman–Crippen MR) is 113 cm³/mol. The van der Waals surface area contributed by atoms with E-state index < -0.39 is 18.5 Å². The average Bonchev–Trinajstić information content (AvgIpc) is 3.50. The third-order valence-electron chi connectivity index (χ3n) is 4.40. The van der Waals surface area contributed by atoms with E-state index in [0.29, 0.717) is 11.3 Å². The second-order valence-corrected chi connectivity index (χ2v) is 8.08. The summed E-state index contributed by atoms with van der Waals surface area (Å²) in [6.45, 7) is 3.61. The number of carbonyl (C=O) groups excluding carboxylic acids is 3. The summed E-state index contributed by atoms with van der Waals surface area (Å²) in [6.07, 6.45) is 1.96. The first-order chi connectivity index (χ1) is 13.9. The summed E-state index contributed by atoms with van der Waals surface area (Å²) in [6, 6.07) is 13.0. The molecule has 2 aromatic rings. The molecule has 6 nitrogen and oxygen atoms in total. The highest BCUT2D eigenvalue weighted by Gasteiger charge is 2.25. The lowest BCUT2D eigenvalue weighted by Gasteiger charge is -2.11. The monoisotopic (exact) mass is 412 g/mol. The standard InChI is InChI=1S/C22H24N2O4S/c1-14-7-10-19(15(2)11-14)29-13-21(26)28-12-20(25)24-18-6-4-3-5-17(18)22(27)23-16-8-9-16/h3-7,10-11,16H,8-9,12-13H2,1-2H3,(H,23,27)(H,24,25). The summed E-state index contributed by atoms with van der Waals surface area (Å²) in [5.74, 6) is -1.05. The second kappa shape index (κ2) is 9.60. The van der Waals surface area contributed by atoms with E-state index in [4.69, 9.17) is 4.74 Å². The van der Waals surface area contributed by atoms with Crippen molar-refractivity contribution in [1.82, 2.24) is 5.32 Å². The second-order valence-electron chi connectivity index (χ2n) is 7.06. The number of nitrogens with one attached hydrogen (secondary N) is 2. The summed E-state index contributed by atoms with van der Waals surface area (Å²) < 4.78 is 5.06. The smallest absolute Gasteiger partial charge is 0.316 e. The van der Waals surface area contributed by atoms with E-state index >= 15 is 0 Å². The minimum Gasteiger partial charge on any atom is -0.455 e. The van der Waals surface area contributed by atoms with E-state index in [0.717, 1.165) is 28.9 Å². The van der Waals surface area contributed by atoms with Gasteiger partial charge in [-0.1, -0.05) is 29.8 Å². The number of esters is 1. The summed E-state index contributed by atoms with van der Waals surface area (Å²) in [5.41, 5.74) is 3.06. The number of thioether (sulfide) groups is 1. The number of para-hydroxylation sites is 1. The van der Waals surface area contributed by atoms with Gasteiger partial charge in [0.2, 0.25) is 0 Å². The molecule has 0 heterocycles. The van der Waals surface area contributed by atoms with Gasteiger partial charge in [-0.2, -0.15) is 0 Å². The molecule has 1 aliphatic rings. The number of ether oxygens (including phenoxy) is 1. The van der Waals surface area contributed by atoms with Gasteiger partial charge in [0, 0.05) is 10.9 Å². The highest BCUT2D eigenvalue weighted by Crippen LogP contribution is 2.23. The molecule has 0 spiro atoms. The van der Waals surface area contributed by atoms with Crippen LogP contribution in [0.4, 0.5) is 5.69 Å². The first-order valence-corrected chi connectivity index (χ1v) is 10.5. The fourth-order valence-corrected chi connectivity index (χ4v) is 3.56. The van der Waals surface area contributed by atoms with Crippen LogP contribution >= 0.6 is 11.8 Å². The van der Waals surface area contributed by atoms with E-state index in [9.17, 15) is 14.4 Å². The normalized spacial score (nSPS) is 12.9. The zero-order valence-corrected chi connectivity index (χ0v) is 17.3. The Morgan fingerprint density at radius 3 is 2.59 bits per heavy atom. The number of aryl methyl sites for hydroxylation is 2. The van der Waals surface area contributed by atoms with Crippen LogP contribution in [-0.4, -0.2) is 36.2 Å². The number of hydrogen-bond donors (Lipinski definition) is 2. The van der Waals surface area contributed by atoms with Crippen LogP contribution in [0.2, 0.25) is 0 Å². The minimum atomic E-state index is -0.485. The van der Waals surface area contributed by atoms with Gasteiger partial charge >= 0.3 is 5.97 Å². The fraction of sp³-hybridized carbons (Fsp3) is 0.318. The van der Waals surface area contributed by atoms with Crippen LogP contribution in [0.25, 0.3) is 0 Å². The van der Waals surface area contributed by atoms with Gasteiger partial charge in [0.1, 0.15) is 0 Å². The number of carbonyl (C=O) groups is 3. The number of anilines is 1. The molecule has 0 radical (unpaired) electrons. The predicted octanol–water partition coefficient (Wildman–Crippen LogP) is 3.47. The molecule has 0 unspecified atom stereocenters. The summed E-state index contributed by atoms with van der Waals surface area (Å²) in [5, 5.41) is 5.54. The molecule has 0 aromatic heterocycles. The number of rotatable bonds is 8. The maximum absolute atomic E-state index is 12.3. The van der Waals surface area contributed by atoms with Crippen molar-refractivity contribution in [3.8, 4) is 0 Å². The molecule has 1 fully saturated rings. The van der Waals surface area contributed by atoms with Crippen LogP contribution < -0.4 is 10.6 Å². The van der Waals surface area contributed by atoms with E-state index in [2.05, 4.69) is 16.7 Å². The van der Waals surface area contributed by atoms with Gasteiger partial charge in [0.05, 0.1) is 17.0 Å². The van der Waals surface area contributed by atoms with Crippen molar-refractivity contribution in [2.24, 2.45) is 0 Å². The molecule has 0 atom stereocenters. The Morgan fingerprint density at radius 2 is 1.86 bits per heavy atom. The van der Waals surface area contributed by atoms with Crippen LogP contribution in [0.3, 0.4) is 0 Å². The number of benzene rings is 2. The molecule has 29 heavy (non-hydrogen) atoms. The van der Waals surface area contributed by atoms with E-state index in [1.54, 1.807) is 24.3 Å². The summed E-state index contributed by atoms with van der Waals surface area (Å²) in [7, 11) is 0. The van der Waals surface area contributed by atoms with E-state index in [1.165, 1.54) is 11.8 Å². The SMILES string of the molecule is Cc1ccc(SCC(=O)OCC(=O)Nc2ccccc2C(=O)NC2CC2)c(C)c1. The zero-order chi connectivity index (χ0) is 20.8. The lowest BCUT2D eigenvalue weighted by atomic mass is 10.1. The Bertz CT molecular complexity index is 925. The van der Waals surface area contributed by atoms with Crippen LogP contribution in [-0.2, 0) is 14.3 Å². The Balaban J connectivity index is 1.47. The minimum absolute atomic E-state index is 0.123. The van der Waals surface area contributed by atoms with Crippen LogP contribution in [0.15, 0.2) is 47.4 Å². The summed E-state index contributed by atoms with van der Waals surface area (Å²) >= 11 is 1.38. The van der Waals surface area contributed by atoms with Gasteiger partial charge in [-0.05, 0) is 50.5 Å². The maximum Gasteiger partial charge on any atom is 0.316 e. The van der Waals surface area contributed by atoms with Gasteiger partial charge in [-0.25, -0.2) is 0 Å². The van der Waals surface area contributed by atoms with Crippen LogP contribution in [0, 0.1) is 13.8 Å². The molecule has 0 bridgehead atoms. The van der Waals surface area contributed by atoms with Crippen molar-refractivity contribution in [3.05, 3.63) is 59.2 Å². The van der Waals surface area contributed by atoms with E-state index in [-0.39, 0.29) is 17.7 Å². The molecule has 7 heteroatoms. The first kappa shape index (κ1) is 20.9. The highest BCUT2D eigenvalue weighted by molar-refractivity contribution is 8.00. The molecule has 0 saturated heterocycles. The Morgan fingerprint density at radius 1 is 1.10 bits per heavy atom. The van der Waals surface area contributed by atoms with Gasteiger partial charge in [-0.3, -0.25) is 14.4 Å². The molecule has 1 saturated carbocycles. The van der Waals surface area contributed by atoms with Crippen molar-refractivity contribution >= 4 is 35.2 Å².